The largest absolute Gasteiger partial charge is 0.347 e. The molecule has 1 saturated heterocycles. The van der Waals surface area contributed by atoms with Crippen molar-refractivity contribution in [1.29, 1.82) is 0 Å². The lowest BCUT2D eigenvalue weighted by atomic mass is 10.1. The molecule has 21 heavy (non-hydrogen) atoms. The first-order valence-corrected chi connectivity index (χ1v) is 7.84. The Bertz CT molecular complexity index is 594. The highest BCUT2D eigenvalue weighted by atomic mass is 32.1. The number of hydrogen-bond donors (Lipinski definition) is 3. The van der Waals surface area contributed by atoms with Crippen molar-refractivity contribution >= 4 is 28.2 Å². The third-order valence-corrected chi connectivity index (χ3v) is 4.03. The lowest BCUT2D eigenvalue weighted by molar-refractivity contribution is 0.0926. The minimum Gasteiger partial charge on any atom is -0.347 e. The number of carbonyl (C=O) groups excluding carboxylic acids is 1. The highest BCUT2D eigenvalue weighted by molar-refractivity contribution is 7.14. The topological polar surface area (TPSA) is 78.9 Å². The van der Waals surface area contributed by atoms with E-state index in [-0.39, 0.29) is 11.9 Å². The number of amides is 1. The number of carbonyl (C=O) groups is 1. The molecule has 3 rings (SSSR count). The summed E-state index contributed by atoms with van der Waals surface area (Å²) in [5.41, 5.74) is 0.448. The fourth-order valence-electron chi connectivity index (χ4n) is 2.22. The third kappa shape index (κ3) is 3.77. The van der Waals surface area contributed by atoms with Crippen LogP contribution in [0.1, 0.15) is 23.3 Å². The van der Waals surface area contributed by atoms with Crippen molar-refractivity contribution in [3.63, 3.8) is 0 Å². The van der Waals surface area contributed by atoms with Crippen molar-refractivity contribution in [3.8, 4) is 0 Å². The summed E-state index contributed by atoms with van der Waals surface area (Å²) in [6.45, 7) is 1.86. The maximum atomic E-state index is 12.1. The molecule has 1 aliphatic heterocycles. The average molecular weight is 303 g/mol. The molecule has 110 valence electrons. The van der Waals surface area contributed by atoms with Gasteiger partial charge in [-0.3, -0.25) is 4.79 Å². The van der Waals surface area contributed by atoms with Crippen LogP contribution in [0.15, 0.2) is 29.8 Å². The van der Waals surface area contributed by atoms with Crippen molar-refractivity contribution in [1.82, 2.24) is 20.6 Å². The summed E-state index contributed by atoms with van der Waals surface area (Å²) in [6, 6.07) is 5.80. The number of rotatable bonds is 4. The number of thiazole rings is 1. The standard InChI is InChI=1S/C14H17N5OS/c20-13(17-10-4-3-6-15-8-10)11-9-21-14(18-11)19-12-5-1-2-7-16-12/h1-2,5,7,9-10,15H,3-4,6,8H2,(H,17,20)(H,16,18,19)/t10-/m0/s1. The molecule has 6 nitrogen and oxygen atoms in total. The molecular formula is C14H17N5OS. The number of aromatic nitrogens is 2. The van der Waals surface area contributed by atoms with Gasteiger partial charge in [0.2, 0.25) is 0 Å². The molecule has 1 atom stereocenters. The molecule has 0 radical (unpaired) electrons. The first kappa shape index (κ1) is 14.0. The van der Waals surface area contributed by atoms with Crippen LogP contribution in [-0.4, -0.2) is 35.0 Å². The monoisotopic (exact) mass is 303 g/mol. The van der Waals surface area contributed by atoms with Gasteiger partial charge in [-0.05, 0) is 31.5 Å². The van der Waals surface area contributed by atoms with Crippen LogP contribution in [0.2, 0.25) is 0 Å². The molecule has 2 aromatic heterocycles. The van der Waals surface area contributed by atoms with Gasteiger partial charge in [-0.1, -0.05) is 6.07 Å². The maximum Gasteiger partial charge on any atom is 0.271 e. The summed E-state index contributed by atoms with van der Waals surface area (Å²) in [6.07, 6.45) is 3.82. The van der Waals surface area contributed by atoms with Crippen molar-refractivity contribution in [2.45, 2.75) is 18.9 Å². The zero-order valence-electron chi connectivity index (χ0n) is 11.5. The van der Waals surface area contributed by atoms with Crippen LogP contribution in [-0.2, 0) is 0 Å². The Morgan fingerprint density at radius 2 is 2.38 bits per heavy atom. The molecule has 0 aliphatic carbocycles. The van der Waals surface area contributed by atoms with Crippen LogP contribution in [0.5, 0.6) is 0 Å². The highest BCUT2D eigenvalue weighted by Gasteiger charge is 2.18. The van der Waals surface area contributed by atoms with Gasteiger partial charge in [0, 0.05) is 24.2 Å². The molecular weight excluding hydrogens is 286 g/mol. The number of anilines is 2. The average Bonchev–Trinajstić information content (AvgIpc) is 2.98. The summed E-state index contributed by atoms with van der Waals surface area (Å²) in [5, 5.41) is 11.8. The van der Waals surface area contributed by atoms with Gasteiger partial charge in [-0.25, -0.2) is 9.97 Å². The fourth-order valence-corrected chi connectivity index (χ4v) is 2.91. The zero-order chi connectivity index (χ0) is 14.5. The molecule has 0 aromatic carbocycles. The van der Waals surface area contributed by atoms with E-state index in [2.05, 4.69) is 25.9 Å². The molecule has 0 saturated carbocycles. The van der Waals surface area contributed by atoms with Crippen LogP contribution in [0.4, 0.5) is 10.9 Å². The minimum absolute atomic E-state index is 0.117. The highest BCUT2D eigenvalue weighted by Crippen LogP contribution is 2.19. The second-order valence-electron chi connectivity index (χ2n) is 4.89. The summed E-state index contributed by atoms with van der Waals surface area (Å²) in [5.74, 6) is 0.601. The molecule has 1 amide bonds. The van der Waals surface area contributed by atoms with Crippen LogP contribution < -0.4 is 16.0 Å². The van der Waals surface area contributed by atoms with Crippen LogP contribution in [0.3, 0.4) is 0 Å². The second kappa shape index (κ2) is 6.64. The second-order valence-corrected chi connectivity index (χ2v) is 5.75. The number of piperidine rings is 1. The predicted octanol–water partition coefficient (Wildman–Crippen LogP) is 1.76. The number of hydrogen-bond acceptors (Lipinski definition) is 6. The van der Waals surface area contributed by atoms with Gasteiger partial charge in [-0.2, -0.15) is 0 Å². The van der Waals surface area contributed by atoms with Gasteiger partial charge in [-0.15, -0.1) is 11.3 Å². The van der Waals surface area contributed by atoms with Crippen LogP contribution in [0.25, 0.3) is 0 Å². The molecule has 0 bridgehead atoms. The van der Waals surface area contributed by atoms with E-state index in [1.165, 1.54) is 11.3 Å². The Hall–Kier alpha value is -1.99. The lowest BCUT2D eigenvalue weighted by Gasteiger charge is -2.23. The molecule has 1 fully saturated rings. The Labute approximate surface area is 127 Å². The molecule has 0 unspecified atom stereocenters. The Kier molecular flexibility index (Phi) is 4.42. The van der Waals surface area contributed by atoms with E-state index in [4.69, 9.17) is 0 Å². The fraction of sp³-hybridized carbons (Fsp3) is 0.357. The van der Waals surface area contributed by atoms with Gasteiger partial charge in [0.25, 0.3) is 5.91 Å². The van der Waals surface area contributed by atoms with Gasteiger partial charge < -0.3 is 16.0 Å². The van der Waals surface area contributed by atoms with Crippen molar-refractivity contribution < 1.29 is 4.79 Å². The number of nitrogens with zero attached hydrogens (tertiary/aromatic N) is 2. The van der Waals surface area contributed by atoms with E-state index in [1.807, 2.05) is 18.2 Å². The number of pyridine rings is 1. The minimum atomic E-state index is -0.117. The first-order chi connectivity index (χ1) is 10.3. The van der Waals surface area contributed by atoms with Crippen molar-refractivity contribution in [2.24, 2.45) is 0 Å². The lowest BCUT2D eigenvalue weighted by Crippen LogP contribution is -2.45. The SMILES string of the molecule is O=C(N[C@H]1CCCNC1)c1csc(Nc2ccccn2)n1. The molecule has 3 heterocycles. The molecule has 2 aromatic rings. The summed E-state index contributed by atoms with van der Waals surface area (Å²) in [7, 11) is 0. The van der Waals surface area contributed by atoms with E-state index in [0.717, 1.165) is 31.7 Å². The Morgan fingerprint density at radius 1 is 1.43 bits per heavy atom. The van der Waals surface area contributed by atoms with Gasteiger partial charge >= 0.3 is 0 Å². The third-order valence-electron chi connectivity index (χ3n) is 3.27. The summed E-state index contributed by atoms with van der Waals surface area (Å²) >= 11 is 1.40. The van der Waals surface area contributed by atoms with Crippen LogP contribution in [0, 0.1) is 0 Å². The number of nitrogens with one attached hydrogen (secondary N) is 3. The molecule has 0 spiro atoms. The van der Waals surface area contributed by atoms with E-state index in [9.17, 15) is 4.79 Å². The zero-order valence-corrected chi connectivity index (χ0v) is 12.3. The first-order valence-electron chi connectivity index (χ1n) is 6.96. The van der Waals surface area contributed by atoms with E-state index in [0.29, 0.717) is 10.8 Å². The van der Waals surface area contributed by atoms with Crippen LogP contribution >= 0.6 is 11.3 Å². The normalized spacial score (nSPS) is 18.2. The predicted molar refractivity (Wildman–Crippen MR) is 83.0 cm³/mol. The van der Waals surface area contributed by atoms with Gasteiger partial charge in [0.1, 0.15) is 11.5 Å². The van der Waals surface area contributed by atoms with E-state index >= 15 is 0 Å². The van der Waals surface area contributed by atoms with Gasteiger partial charge in [0.15, 0.2) is 5.13 Å². The summed E-state index contributed by atoms with van der Waals surface area (Å²) in [4.78, 5) is 20.6. The molecule has 7 heteroatoms. The quantitative estimate of drug-likeness (QED) is 0.802. The Morgan fingerprint density at radius 3 is 3.14 bits per heavy atom. The molecule has 3 N–H and O–H groups in total. The van der Waals surface area contributed by atoms with Crippen molar-refractivity contribution in [2.75, 3.05) is 18.4 Å². The van der Waals surface area contributed by atoms with Crippen molar-refractivity contribution in [3.05, 3.63) is 35.5 Å². The smallest absolute Gasteiger partial charge is 0.271 e. The maximum absolute atomic E-state index is 12.1. The Balaban J connectivity index is 1.60. The van der Waals surface area contributed by atoms with E-state index in [1.54, 1.807) is 11.6 Å². The van der Waals surface area contributed by atoms with Gasteiger partial charge in [0.05, 0.1) is 0 Å². The van der Waals surface area contributed by atoms with E-state index < -0.39 is 0 Å². The molecule has 1 aliphatic rings. The summed E-state index contributed by atoms with van der Waals surface area (Å²) < 4.78 is 0.